The van der Waals surface area contributed by atoms with Gasteiger partial charge in [0.2, 0.25) is 0 Å². The van der Waals surface area contributed by atoms with Crippen molar-refractivity contribution in [3.8, 4) is 0 Å². The molecule has 0 aliphatic carbocycles. The SMILES string of the molecule is [Ba+2].[Eu+3].[K+].[O-]B([O-])[O-].[O-]B([O-])[O-]. The second-order valence-corrected chi connectivity index (χ2v) is 0.577. The average molecular weight is 446 g/mol. The molecule has 0 aliphatic heterocycles. The van der Waals surface area contributed by atoms with E-state index in [0.29, 0.717) is 0 Å². The quantitative estimate of drug-likeness (QED) is 0.339. The molecule has 0 amide bonds. The monoisotopic (exact) mass is 448 g/mol. The van der Waals surface area contributed by atoms with E-state index in [-0.39, 0.29) is 150 Å². The zero-order valence-electron chi connectivity index (χ0n) is 5.69. The maximum atomic E-state index is 8.42. The van der Waals surface area contributed by atoms with Gasteiger partial charge in [-0.05, 0) is 0 Å². The van der Waals surface area contributed by atoms with Gasteiger partial charge in [-0.15, -0.1) is 0 Å². The van der Waals surface area contributed by atoms with Crippen molar-refractivity contribution in [2.45, 2.75) is 0 Å². The molecule has 0 fully saturated rings. The summed E-state index contributed by atoms with van der Waals surface area (Å²) < 4.78 is 0. The van der Waals surface area contributed by atoms with E-state index in [9.17, 15) is 0 Å². The van der Waals surface area contributed by atoms with Crippen LogP contribution in [0.3, 0.4) is 0 Å². The molecular formula is B2BaEuKO6. The van der Waals surface area contributed by atoms with Crippen LogP contribution in [0.15, 0.2) is 0 Å². The van der Waals surface area contributed by atoms with Crippen LogP contribution in [0.25, 0.3) is 0 Å². The van der Waals surface area contributed by atoms with E-state index in [1.807, 2.05) is 0 Å². The normalized spacial score (nSPS) is 4.91. The third kappa shape index (κ3) is 108. The molecule has 0 bridgehead atoms. The molecule has 52 valence electrons. The van der Waals surface area contributed by atoms with Crippen LogP contribution >= 0.6 is 0 Å². The molecule has 0 unspecified atom stereocenters. The predicted molar refractivity (Wildman–Crippen MR) is 17.3 cm³/mol. The molecule has 0 aromatic rings. The van der Waals surface area contributed by atoms with Crippen molar-refractivity contribution >= 4 is 63.5 Å². The largest absolute Gasteiger partial charge is 3.00 e. The van der Waals surface area contributed by atoms with Gasteiger partial charge < -0.3 is 30.1 Å². The van der Waals surface area contributed by atoms with Gasteiger partial charge in [0.05, 0.1) is 0 Å². The van der Waals surface area contributed by atoms with Crippen LogP contribution in [0.4, 0.5) is 0 Å². The molecular weight excluding hydrogens is 446 g/mol. The van der Waals surface area contributed by atoms with E-state index in [4.69, 9.17) is 30.1 Å². The van der Waals surface area contributed by atoms with Gasteiger partial charge in [0.25, 0.3) is 0 Å². The predicted octanol–water partition coefficient (Wildman–Crippen LogP) is -11.3. The van der Waals surface area contributed by atoms with Crippen LogP contribution in [-0.4, -0.2) is 63.5 Å². The summed E-state index contributed by atoms with van der Waals surface area (Å²) in [5.41, 5.74) is 0. The summed E-state index contributed by atoms with van der Waals surface area (Å²) in [6.07, 6.45) is 0. The molecule has 0 saturated heterocycles. The van der Waals surface area contributed by atoms with Gasteiger partial charge in [-0.3, -0.25) is 14.6 Å². The molecule has 0 aromatic carbocycles. The van der Waals surface area contributed by atoms with Gasteiger partial charge in [0.15, 0.2) is 0 Å². The summed E-state index contributed by atoms with van der Waals surface area (Å²) in [5.74, 6) is 0. The average Bonchev–Trinajstić information content (AvgIpc) is 1.25. The summed E-state index contributed by atoms with van der Waals surface area (Å²) in [7, 11) is -5.83. The minimum Gasteiger partial charge on any atom is -0.907 e. The van der Waals surface area contributed by atoms with Crippen molar-refractivity contribution in [1.82, 2.24) is 0 Å². The fourth-order valence-corrected chi connectivity index (χ4v) is 0. The molecule has 0 spiro atoms. The molecule has 0 heterocycles. The van der Waals surface area contributed by atoms with Crippen LogP contribution in [0, 0.1) is 49.4 Å². The van der Waals surface area contributed by atoms with E-state index in [2.05, 4.69) is 0 Å². The first-order valence-corrected chi connectivity index (χ1v) is 1.41. The van der Waals surface area contributed by atoms with Crippen LogP contribution in [0.5, 0.6) is 0 Å². The van der Waals surface area contributed by atoms with Crippen molar-refractivity contribution in [3.63, 3.8) is 0 Å². The Morgan fingerprint density at radius 1 is 0.636 bits per heavy atom. The molecule has 0 saturated carbocycles. The number of hydrogen-bond donors (Lipinski definition) is 0. The van der Waals surface area contributed by atoms with Gasteiger partial charge in [0.1, 0.15) is 0 Å². The summed E-state index contributed by atoms with van der Waals surface area (Å²) in [6.45, 7) is 0. The van der Waals surface area contributed by atoms with Gasteiger partial charge in [-0.25, -0.2) is 0 Å². The Bertz CT molecular complexity index is 36.1. The van der Waals surface area contributed by atoms with E-state index >= 15 is 0 Å². The van der Waals surface area contributed by atoms with E-state index in [1.165, 1.54) is 0 Å². The van der Waals surface area contributed by atoms with Gasteiger partial charge in [0, 0.05) is 0 Å². The maximum Gasteiger partial charge on any atom is 3.00 e. The Labute approximate surface area is 189 Å². The summed E-state index contributed by atoms with van der Waals surface area (Å²) in [4.78, 5) is 0. The topological polar surface area (TPSA) is 138 Å². The molecule has 0 rings (SSSR count). The standard InChI is InChI=1S/2BO3.Ba.Eu.K/c2*2-1(3)4;;;/q2*-3;+2;+3;+1. The Morgan fingerprint density at radius 3 is 0.636 bits per heavy atom. The van der Waals surface area contributed by atoms with Crippen molar-refractivity contribution < 1.29 is 131 Å². The first-order chi connectivity index (χ1) is 3.46. The fourth-order valence-electron chi connectivity index (χ4n) is 0. The molecule has 6 nitrogen and oxygen atoms in total. The van der Waals surface area contributed by atoms with Crippen molar-refractivity contribution in [2.24, 2.45) is 0 Å². The zero-order valence-corrected chi connectivity index (χ0v) is 15.7. The van der Waals surface area contributed by atoms with Crippen molar-refractivity contribution in [1.29, 1.82) is 0 Å². The number of rotatable bonds is 0. The summed E-state index contributed by atoms with van der Waals surface area (Å²) in [5, 5.41) is 50.5. The first kappa shape index (κ1) is 29.6. The Hall–Kier alpha value is 4.68. The van der Waals surface area contributed by atoms with Crippen molar-refractivity contribution in [2.75, 3.05) is 0 Å². The Kier molecular flexibility index (Phi) is 64.9. The third-order valence-electron chi connectivity index (χ3n) is 0. The summed E-state index contributed by atoms with van der Waals surface area (Å²) in [6, 6.07) is 0. The Morgan fingerprint density at radius 2 is 0.636 bits per heavy atom. The van der Waals surface area contributed by atoms with Gasteiger partial charge >= 0.3 is 150 Å². The van der Waals surface area contributed by atoms with Gasteiger partial charge in [-0.2, -0.15) is 0 Å². The molecule has 0 aliphatic rings. The van der Waals surface area contributed by atoms with Crippen LogP contribution in [-0.2, 0) is 0 Å². The molecule has 11 heavy (non-hydrogen) atoms. The molecule has 0 atom stereocenters. The fraction of sp³-hybridized carbons (Fsp3) is 0. The van der Waals surface area contributed by atoms with E-state index in [0.717, 1.165) is 0 Å². The minimum absolute atomic E-state index is 0. The van der Waals surface area contributed by atoms with Crippen LogP contribution in [0.2, 0.25) is 0 Å². The van der Waals surface area contributed by atoms with E-state index < -0.39 is 14.6 Å². The third-order valence-corrected chi connectivity index (χ3v) is 0. The van der Waals surface area contributed by atoms with Crippen molar-refractivity contribution in [3.05, 3.63) is 0 Å². The molecule has 11 heteroatoms. The molecule has 0 N–H and O–H groups in total. The smallest absolute Gasteiger partial charge is 0.907 e. The van der Waals surface area contributed by atoms with E-state index in [1.54, 1.807) is 0 Å². The molecule has 0 aromatic heterocycles. The zero-order chi connectivity index (χ0) is 7.15. The summed E-state index contributed by atoms with van der Waals surface area (Å²) >= 11 is 0. The second-order valence-electron chi connectivity index (χ2n) is 0.577. The first-order valence-electron chi connectivity index (χ1n) is 1.41. The minimum atomic E-state index is -2.92. The second kappa shape index (κ2) is 24.1. The Balaban J connectivity index is -0.0000000171. The molecule has 0 radical (unpaired) electrons. The maximum absolute atomic E-state index is 8.42. The van der Waals surface area contributed by atoms with Crippen LogP contribution < -0.4 is 81.5 Å². The number of hydrogen-bond acceptors (Lipinski definition) is 6. The van der Waals surface area contributed by atoms with Gasteiger partial charge in [-0.1, -0.05) is 0 Å². The van der Waals surface area contributed by atoms with Crippen LogP contribution in [0.1, 0.15) is 0 Å².